The topological polar surface area (TPSA) is 41.9 Å². The van der Waals surface area contributed by atoms with Gasteiger partial charge in [-0.05, 0) is 48.5 Å². The lowest BCUT2D eigenvalue weighted by Crippen LogP contribution is -2.20. The lowest BCUT2D eigenvalue weighted by molar-refractivity contribution is 0.624. The Hall–Kier alpha value is -2.73. The Balaban J connectivity index is 1.60. The van der Waals surface area contributed by atoms with Gasteiger partial charge >= 0.3 is 0 Å². The highest BCUT2D eigenvalue weighted by atomic mass is 32.1. The molecule has 0 saturated heterocycles. The molecule has 0 aliphatic heterocycles. The highest BCUT2D eigenvalue weighted by molar-refractivity contribution is 7.80. The molecule has 0 bridgehead atoms. The molecule has 0 radical (unpaired) electrons. The monoisotopic (exact) mass is 340 g/mol. The lowest BCUT2D eigenvalue weighted by Gasteiger charge is -2.10. The third kappa shape index (κ3) is 4.17. The molecule has 4 nitrogen and oxygen atoms in total. The van der Waals surface area contributed by atoms with E-state index in [4.69, 9.17) is 12.2 Å². The second-order valence-corrected chi connectivity index (χ2v) is 5.83. The number of hydrogen-bond acceptors (Lipinski definition) is 2. The van der Waals surface area contributed by atoms with Crippen LogP contribution in [0.2, 0.25) is 0 Å². The summed E-state index contributed by atoms with van der Waals surface area (Å²) in [5.74, 6) is 0.414. The standard InChI is InChI=1S/C18H17FN4S/c1-13-4-2-3-5-16(13)20-18(24)21-17-10-11-23(22-17)12-14-6-8-15(19)9-7-14/h2-11H,12H2,1H3,(H2,20,21,22,24). The zero-order valence-electron chi connectivity index (χ0n) is 13.2. The Morgan fingerprint density at radius 1 is 1.08 bits per heavy atom. The van der Waals surface area contributed by atoms with Crippen LogP contribution in [0.4, 0.5) is 15.9 Å². The van der Waals surface area contributed by atoms with Crippen molar-refractivity contribution in [1.29, 1.82) is 0 Å². The largest absolute Gasteiger partial charge is 0.332 e. The number of benzene rings is 2. The van der Waals surface area contributed by atoms with Crippen LogP contribution in [0.3, 0.4) is 0 Å². The van der Waals surface area contributed by atoms with Crippen molar-refractivity contribution < 1.29 is 4.39 Å². The molecule has 0 amide bonds. The van der Waals surface area contributed by atoms with Crippen molar-refractivity contribution >= 4 is 28.8 Å². The number of hydrogen-bond donors (Lipinski definition) is 2. The molecule has 0 saturated carbocycles. The second kappa shape index (κ2) is 7.23. The third-order valence-corrected chi connectivity index (χ3v) is 3.74. The Labute approximate surface area is 145 Å². The first-order chi connectivity index (χ1) is 11.6. The van der Waals surface area contributed by atoms with Gasteiger partial charge in [-0.3, -0.25) is 4.68 Å². The Morgan fingerprint density at radius 2 is 1.83 bits per heavy atom. The molecule has 0 atom stereocenters. The summed E-state index contributed by atoms with van der Waals surface area (Å²) in [5.41, 5.74) is 3.05. The van der Waals surface area contributed by atoms with Gasteiger partial charge in [0.25, 0.3) is 0 Å². The molecule has 24 heavy (non-hydrogen) atoms. The molecular formula is C18H17FN4S. The van der Waals surface area contributed by atoms with Gasteiger partial charge in [-0.1, -0.05) is 30.3 Å². The zero-order chi connectivity index (χ0) is 16.9. The maximum atomic E-state index is 12.9. The van der Waals surface area contributed by atoms with Crippen LogP contribution in [0.25, 0.3) is 0 Å². The summed E-state index contributed by atoms with van der Waals surface area (Å²) in [6.45, 7) is 2.59. The maximum Gasteiger partial charge on any atom is 0.176 e. The van der Waals surface area contributed by atoms with Crippen LogP contribution in [0.1, 0.15) is 11.1 Å². The number of thiocarbonyl (C=S) groups is 1. The molecule has 0 fully saturated rings. The normalized spacial score (nSPS) is 10.4. The van der Waals surface area contributed by atoms with Gasteiger partial charge in [0.15, 0.2) is 10.9 Å². The molecule has 3 rings (SSSR count). The van der Waals surface area contributed by atoms with Gasteiger partial charge in [-0.2, -0.15) is 5.10 Å². The molecule has 2 N–H and O–H groups in total. The van der Waals surface area contributed by atoms with Crippen LogP contribution >= 0.6 is 12.2 Å². The quantitative estimate of drug-likeness (QED) is 0.699. The van der Waals surface area contributed by atoms with Gasteiger partial charge in [-0.15, -0.1) is 0 Å². The van der Waals surface area contributed by atoms with E-state index in [9.17, 15) is 4.39 Å². The first-order valence-corrected chi connectivity index (χ1v) is 7.92. The van der Waals surface area contributed by atoms with Crippen molar-refractivity contribution in [1.82, 2.24) is 9.78 Å². The first-order valence-electron chi connectivity index (χ1n) is 7.52. The van der Waals surface area contributed by atoms with Crippen molar-refractivity contribution in [2.24, 2.45) is 0 Å². The van der Waals surface area contributed by atoms with Crippen LogP contribution in [-0.2, 0) is 6.54 Å². The molecule has 3 aromatic rings. The number of nitrogens with zero attached hydrogens (tertiary/aromatic N) is 2. The van der Waals surface area contributed by atoms with Gasteiger partial charge in [0.1, 0.15) is 5.82 Å². The number of aromatic nitrogens is 2. The fraction of sp³-hybridized carbons (Fsp3) is 0.111. The van der Waals surface area contributed by atoms with E-state index in [-0.39, 0.29) is 5.82 Å². The number of aryl methyl sites for hydroxylation is 1. The van der Waals surface area contributed by atoms with Gasteiger partial charge in [0.05, 0.1) is 6.54 Å². The van der Waals surface area contributed by atoms with E-state index in [0.717, 1.165) is 16.8 Å². The van der Waals surface area contributed by atoms with E-state index >= 15 is 0 Å². The number of para-hydroxylation sites is 1. The Kier molecular flexibility index (Phi) is 4.86. The fourth-order valence-corrected chi connectivity index (χ4v) is 2.49. The minimum Gasteiger partial charge on any atom is -0.332 e. The van der Waals surface area contributed by atoms with E-state index < -0.39 is 0 Å². The first kappa shape index (κ1) is 16.1. The predicted octanol–water partition coefficient (Wildman–Crippen LogP) is 4.19. The van der Waals surface area contributed by atoms with E-state index in [1.807, 2.05) is 43.5 Å². The van der Waals surface area contributed by atoms with Crippen molar-refractivity contribution in [2.75, 3.05) is 10.6 Å². The second-order valence-electron chi connectivity index (χ2n) is 5.42. The summed E-state index contributed by atoms with van der Waals surface area (Å²) in [5, 5.41) is 11.1. The van der Waals surface area contributed by atoms with Gasteiger partial charge in [0, 0.05) is 18.0 Å². The van der Waals surface area contributed by atoms with Crippen LogP contribution in [-0.4, -0.2) is 14.9 Å². The summed E-state index contributed by atoms with van der Waals surface area (Å²) in [6, 6.07) is 16.1. The van der Waals surface area contributed by atoms with Crippen molar-refractivity contribution in [3.63, 3.8) is 0 Å². The van der Waals surface area contributed by atoms with Crippen LogP contribution in [0.5, 0.6) is 0 Å². The van der Waals surface area contributed by atoms with Gasteiger partial charge in [-0.25, -0.2) is 4.39 Å². The van der Waals surface area contributed by atoms with E-state index in [0.29, 0.717) is 17.5 Å². The summed E-state index contributed by atoms with van der Waals surface area (Å²) in [7, 11) is 0. The molecule has 0 aliphatic rings. The summed E-state index contributed by atoms with van der Waals surface area (Å²) >= 11 is 5.32. The highest BCUT2D eigenvalue weighted by Crippen LogP contribution is 2.14. The Bertz CT molecular complexity index is 842. The highest BCUT2D eigenvalue weighted by Gasteiger charge is 2.04. The number of nitrogens with one attached hydrogen (secondary N) is 2. The minimum atomic E-state index is -0.241. The average Bonchev–Trinajstić information content (AvgIpc) is 2.99. The minimum absolute atomic E-state index is 0.241. The zero-order valence-corrected chi connectivity index (χ0v) is 14.0. The average molecular weight is 340 g/mol. The number of anilines is 2. The van der Waals surface area contributed by atoms with Crippen LogP contribution < -0.4 is 10.6 Å². The number of rotatable bonds is 4. The fourth-order valence-electron chi connectivity index (χ4n) is 2.28. The van der Waals surface area contributed by atoms with Crippen molar-refractivity contribution in [3.8, 4) is 0 Å². The molecule has 1 aromatic heterocycles. The molecule has 122 valence electrons. The van der Waals surface area contributed by atoms with E-state index in [2.05, 4.69) is 15.7 Å². The molecular weight excluding hydrogens is 323 g/mol. The Morgan fingerprint density at radius 3 is 2.58 bits per heavy atom. The molecule has 0 unspecified atom stereocenters. The molecule has 6 heteroatoms. The van der Waals surface area contributed by atoms with Crippen molar-refractivity contribution in [2.45, 2.75) is 13.5 Å². The van der Waals surface area contributed by atoms with Gasteiger partial charge < -0.3 is 10.6 Å². The van der Waals surface area contributed by atoms with Crippen LogP contribution in [0.15, 0.2) is 60.8 Å². The van der Waals surface area contributed by atoms with Crippen LogP contribution in [0, 0.1) is 12.7 Å². The predicted molar refractivity (Wildman–Crippen MR) is 98.8 cm³/mol. The molecule has 0 aliphatic carbocycles. The third-order valence-electron chi connectivity index (χ3n) is 3.53. The van der Waals surface area contributed by atoms with Gasteiger partial charge in [0.2, 0.25) is 0 Å². The number of halogens is 1. The van der Waals surface area contributed by atoms with Crippen molar-refractivity contribution in [3.05, 3.63) is 77.7 Å². The molecule has 0 spiro atoms. The lowest BCUT2D eigenvalue weighted by atomic mass is 10.2. The summed E-state index contributed by atoms with van der Waals surface area (Å²) in [6.07, 6.45) is 1.85. The maximum absolute atomic E-state index is 12.9. The SMILES string of the molecule is Cc1ccccc1NC(=S)Nc1ccn(Cc2ccc(F)cc2)n1. The van der Waals surface area contributed by atoms with E-state index in [1.54, 1.807) is 16.8 Å². The summed E-state index contributed by atoms with van der Waals surface area (Å²) < 4.78 is 14.7. The molecule has 2 aromatic carbocycles. The molecule has 1 heterocycles. The summed E-state index contributed by atoms with van der Waals surface area (Å²) in [4.78, 5) is 0. The smallest absolute Gasteiger partial charge is 0.176 e. The van der Waals surface area contributed by atoms with E-state index in [1.165, 1.54) is 12.1 Å².